The molecule has 2 aliphatic heterocycles. The van der Waals surface area contributed by atoms with Crippen LogP contribution in [0.3, 0.4) is 0 Å². The number of hydrogen-bond donors (Lipinski definition) is 0. The number of benzene rings is 1. The minimum absolute atomic E-state index is 0.111. The zero-order valence-electron chi connectivity index (χ0n) is 12.4. The molecule has 3 aliphatic rings. The number of ether oxygens (including phenoxy) is 2. The van der Waals surface area contributed by atoms with Crippen LogP contribution in [0, 0.1) is 15.5 Å². The normalized spacial score (nSPS) is 29.4. The molecule has 1 saturated carbocycles. The van der Waals surface area contributed by atoms with Crippen LogP contribution in [0.25, 0.3) is 5.57 Å². The lowest BCUT2D eigenvalue weighted by Crippen LogP contribution is -2.26. The summed E-state index contributed by atoms with van der Waals surface area (Å²) in [6, 6.07) is 6.64. The van der Waals surface area contributed by atoms with Crippen LogP contribution in [-0.2, 0) is 9.47 Å². The maximum Gasteiger partial charge on any atom is 0.269 e. The van der Waals surface area contributed by atoms with Crippen molar-refractivity contribution in [2.45, 2.75) is 37.9 Å². The van der Waals surface area contributed by atoms with Crippen molar-refractivity contribution < 1.29 is 14.4 Å². The number of nitro benzene ring substituents is 1. The second-order valence-corrected chi connectivity index (χ2v) is 6.75. The Hall–Kier alpha value is -1.72. The second kappa shape index (κ2) is 4.89. The molecule has 2 fully saturated rings. The van der Waals surface area contributed by atoms with Crippen LogP contribution in [0.5, 0.6) is 0 Å². The molecule has 116 valence electrons. The van der Waals surface area contributed by atoms with Gasteiger partial charge in [-0.2, -0.15) is 0 Å². The molecule has 0 radical (unpaired) electrons. The van der Waals surface area contributed by atoms with Gasteiger partial charge < -0.3 is 9.47 Å². The summed E-state index contributed by atoms with van der Waals surface area (Å²) in [6.45, 7) is 1.30. The average Bonchev–Trinajstić information content (AvgIpc) is 3.23. The van der Waals surface area contributed by atoms with Crippen molar-refractivity contribution in [1.29, 1.82) is 0 Å². The Balaban J connectivity index is 1.56. The number of hydrogen-bond acceptors (Lipinski definition) is 4. The summed E-state index contributed by atoms with van der Waals surface area (Å²) in [5.74, 6) is -0.568. The quantitative estimate of drug-likeness (QED) is 0.617. The molecule has 1 saturated heterocycles. The van der Waals surface area contributed by atoms with Crippen LogP contribution in [0.15, 0.2) is 30.3 Å². The Morgan fingerprint density at radius 2 is 1.82 bits per heavy atom. The van der Waals surface area contributed by atoms with Gasteiger partial charge in [-0.25, -0.2) is 0 Å². The Kier molecular flexibility index (Phi) is 3.09. The van der Waals surface area contributed by atoms with Gasteiger partial charge in [0.2, 0.25) is 0 Å². The molecule has 2 spiro atoms. The molecule has 22 heavy (non-hydrogen) atoms. The van der Waals surface area contributed by atoms with E-state index in [1.165, 1.54) is 37.8 Å². The zero-order chi connectivity index (χ0) is 15.2. The molecule has 1 aromatic rings. The molecule has 0 aromatic heterocycles. The fourth-order valence-corrected chi connectivity index (χ4v) is 4.04. The van der Waals surface area contributed by atoms with Crippen molar-refractivity contribution in [3.05, 3.63) is 46.0 Å². The highest BCUT2D eigenvalue weighted by atomic mass is 16.7. The fourth-order valence-electron chi connectivity index (χ4n) is 4.04. The maximum atomic E-state index is 10.7. The zero-order valence-corrected chi connectivity index (χ0v) is 12.4. The van der Waals surface area contributed by atoms with Crippen molar-refractivity contribution in [2.75, 3.05) is 13.2 Å². The minimum atomic E-state index is -0.568. The van der Waals surface area contributed by atoms with E-state index in [0.717, 1.165) is 24.2 Å². The van der Waals surface area contributed by atoms with Gasteiger partial charge in [0.05, 0.1) is 18.1 Å². The summed E-state index contributed by atoms with van der Waals surface area (Å²) in [4.78, 5) is 10.3. The van der Waals surface area contributed by atoms with Crippen molar-refractivity contribution >= 4 is 11.3 Å². The van der Waals surface area contributed by atoms with E-state index in [1.807, 2.05) is 0 Å². The summed E-state index contributed by atoms with van der Waals surface area (Å²) in [5.41, 5.74) is 2.45. The molecule has 1 unspecified atom stereocenters. The van der Waals surface area contributed by atoms with E-state index in [2.05, 4.69) is 6.08 Å². The van der Waals surface area contributed by atoms with Gasteiger partial charge in [0.1, 0.15) is 0 Å². The van der Waals surface area contributed by atoms with Gasteiger partial charge >= 0.3 is 0 Å². The van der Waals surface area contributed by atoms with Crippen molar-refractivity contribution in [2.24, 2.45) is 5.41 Å². The van der Waals surface area contributed by atoms with Crippen LogP contribution >= 0.6 is 0 Å². The third-order valence-corrected chi connectivity index (χ3v) is 5.22. The average molecular weight is 301 g/mol. The van der Waals surface area contributed by atoms with Crippen LogP contribution in [-0.4, -0.2) is 23.9 Å². The molecular weight excluding hydrogens is 282 g/mol. The Bertz CT molecular complexity index is 631. The van der Waals surface area contributed by atoms with E-state index in [1.54, 1.807) is 12.1 Å². The number of nitro groups is 1. The number of nitrogens with zero attached hydrogens (tertiary/aromatic N) is 1. The smallest absolute Gasteiger partial charge is 0.269 e. The first-order valence-electron chi connectivity index (χ1n) is 7.84. The molecule has 4 rings (SSSR count). The summed E-state index contributed by atoms with van der Waals surface area (Å²) in [7, 11) is 0. The predicted molar refractivity (Wildman–Crippen MR) is 81.2 cm³/mol. The highest BCUT2D eigenvalue weighted by molar-refractivity contribution is 5.69. The van der Waals surface area contributed by atoms with E-state index in [4.69, 9.17) is 9.47 Å². The Morgan fingerprint density at radius 1 is 1.09 bits per heavy atom. The van der Waals surface area contributed by atoms with Gasteiger partial charge in [0, 0.05) is 18.6 Å². The molecule has 2 heterocycles. The summed E-state index contributed by atoms with van der Waals surface area (Å²) in [6.07, 6.45) is 8.08. The molecule has 5 heteroatoms. The van der Waals surface area contributed by atoms with E-state index in [9.17, 15) is 10.1 Å². The lowest BCUT2D eigenvalue weighted by molar-refractivity contribution is -0.384. The van der Waals surface area contributed by atoms with Crippen molar-refractivity contribution in [3.63, 3.8) is 0 Å². The molecule has 5 nitrogen and oxygen atoms in total. The lowest BCUT2D eigenvalue weighted by Gasteiger charge is -2.23. The van der Waals surface area contributed by atoms with Gasteiger partial charge in [-0.05, 0) is 47.6 Å². The van der Waals surface area contributed by atoms with Crippen LogP contribution < -0.4 is 0 Å². The topological polar surface area (TPSA) is 61.6 Å². The van der Waals surface area contributed by atoms with Gasteiger partial charge in [-0.15, -0.1) is 0 Å². The molecule has 0 N–H and O–H groups in total. The number of non-ortho nitro benzene ring substituents is 1. The third-order valence-electron chi connectivity index (χ3n) is 5.22. The van der Waals surface area contributed by atoms with E-state index < -0.39 is 5.79 Å². The molecular formula is C17H19NO4. The van der Waals surface area contributed by atoms with Gasteiger partial charge in [0.15, 0.2) is 5.79 Å². The first kappa shape index (κ1) is 13.9. The molecule has 1 aliphatic carbocycles. The van der Waals surface area contributed by atoms with Crippen molar-refractivity contribution in [1.82, 2.24) is 0 Å². The first-order valence-corrected chi connectivity index (χ1v) is 7.84. The van der Waals surface area contributed by atoms with Crippen LogP contribution in [0.1, 0.15) is 37.7 Å². The largest absolute Gasteiger partial charge is 0.346 e. The standard InChI is InChI=1S/C17H19NO4/c19-18(20)15-5-3-13(4-6-15)14-9-17(21-10-14)11-16(12-22-17)7-1-2-8-16/h3-6,9H,1-2,7-8,10-12H2. The predicted octanol–water partition coefficient (Wildman–Crippen LogP) is 3.69. The summed E-state index contributed by atoms with van der Waals surface area (Å²) < 4.78 is 12.0. The summed E-state index contributed by atoms with van der Waals surface area (Å²) >= 11 is 0. The van der Waals surface area contributed by atoms with Crippen LogP contribution in [0.4, 0.5) is 5.69 Å². The number of rotatable bonds is 2. The molecule has 1 atom stereocenters. The monoisotopic (exact) mass is 301 g/mol. The lowest BCUT2D eigenvalue weighted by atomic mass is 9.83. The van der Waals surface area contributed by atoms with E-state index >= 15 is 0 Å². The highest BCUT2D eigenvalue weighted by Gasteiger charge is 2.52. The van der Waals surface area contributed by atoms with Crippen molar-refractivity contribution in [3.8, 4) is 0 Å². The Morgan fingerprint density at radius 3 is 2.50 bits per heavy atom. The van der Waals surface area contributed by atoms with Gasteiger partial charge in [0.25, 0.3) is 5.69 Å². The molecule has 0 amide bonds. The fraction of sp³-hybridized carbons (Fsp3) is 0.529. The third kappa shape index (κ3) is 2.25. The highest BCUT2D eigenvalue weighted by Crippen LogP contribution is 2.53. The summed E-state index contributed by atoms with van der Waals surface area (Å²) in [5, 5.41) is 10.7. The van der Waals surface area contributed by atoms with E-state index in [-0.39, 0.29) is 10.6 Å². The minimum Gasteiger partial charge on any atom is -0.346 e. The maximum absolute atomic E-state index is 10.7. The van der Waals surface area contributed by atoms with Gasteiger partial charge in [-0.3, -0.25) is 10.1 Å². The molecule has 1 aromatic carbocycles. The SMILES string of the molecule is O=[N+]([O-])c1ccc(C2=CC3(CC4(CCCC4)CO3)OC2)cc1. The van der Waals surface area contributed by atoms with E-state index in [0.29, 0.717) is 12.0 Å². The second-order valence-electron chi connectivity index (χ2n) is 6.75. The first-order chi connectivity index (χ1) is 10.6. The van der Waals surface area contributed by atoms with Gasteiger partial charge in [-0.1, -0.05) is 12.8 Å². The molecule has 0 bridgehead atoms. The van der Waals surface area contributed by atoms with Crippen LogP contribution in [0.2, 0.25) is 0 Å². The Labute approximate surface area is 129 Å².